The molecule has 0 aromatic carbocycles. The summed E-state index contributed by atoms with van der Waals surface area (Å²) in [4.78, 5) is 49.1. The van der Waals surface area contributed by atoms with E-state index >= 15 is 0 Å². The Bertz CT molecular complexity index is 677. The number of piperidine rings is 1. The molecule has 2 heterocycles. The molecule has 8 nitrogen and oxygen atoms in total. The van der Waals surface area contributed by atoms with E-state index in [1.165, 1.54) is 0 Å². The third-order valence-corrected chi connectivity index (χ3v) is 6.88. The van der Waals surface area contributed by atoms with Gasteiger partial charge < -0.3 is 21.7 Å². The van der Waals surface area contributed by atoms with Crippen molar-refractivity contribution in [2.75, 3.05) is 13.1 Å². The first kappa shape index (κ1) is 18.4. The summed E-state index contributed by atoms with van der Waals surface area (Å²) in [6.45, 7) is 1.31. The lowest BCUT2D eigenvalue weighted by Crippen LogP contribution is -2.48. The third-order valence-electron chi connectivity index (χ3n) is 6.88. The van der Waals surface area contributed by atoms with Crippen LogP contribution in [0.2, 0.25) is 0 Å². The maximum Gasteiger partial charge on any atom is 0.287 e. The third kappa shape index (κ3) is 3.72. The van der Waals surface area contributed by atoms with Gasteiger partial charge in [0, 0.05) is 24.4 Å². The molecule has 3 unspecified atom stereocenters. The zero-order chi connectivity index (χ0) is 19.2. The molecule has 5 atom stereocenters. The Morgan fingerprint density at radius 2 is 1.96 bits per heavy atom. The van der Waals surface area contributed by atoms with Gasteiger partial charge in [0.15, 0.2) is 0 Å². The standard InChI is InChI=1S/C19H28N4O4/c20-16(25)14-9-19(4-6-21-14)8-13(19)12(7-10-3-5-22-17(10)26)15(24)18(27)23-11-1-2-11/h10-14,21H,1-9H2,(H2,20,25)(H,22,26)(H,23,27)/t10-,12+,13?,14?,19?/m1/s1. The van der Waals surface area contributed by atoms with Gasteiger partial charge in [-0.1, -0.05) is 0 Å². The van der Waals surface area contributed by atoms with Crippen molar-refractivity contribution in [2.45, 2.75) is 57.0 Å². The van der Waals surface area contributed by atoms with E-state index in [0.29, 0.717) is 32.4 Å². The monoisotopic (exact) mass is 376 g/mol. The van der Waals surface area contributed by atoms with Crippen LogP contribution in [0.4, 0.5) is 0 Å². The fraction of sp³-hybridized carbons (Fsp3) is 0.789. The molecule has 5 N–H and O–H groups in total. The molecule has 4 rings (SSSR count). The van der Waals surface area contributed by atoms with E-state index in [0.717, 1.165) is 25.7 Å². The SMILES string of the molecule is NC(=O)C1CC2(CCN1)CC2[C@H](C[C@H]1CCNC1=O)C(=O)C(=O)NC1CC1. The van der Waals surface area contributed by atoms with Gasteiger partial charge in [-0.3, -0.25) is 19.2 Å². The lowest BCUT2D eigenvalue weighted by Gasteiger charge is -2.31. The molecular formula is C19H28N4O4. The summed E-state index contributed by atoms with van der Waals surface area (Å²) in [5.74, 6) is -1.91. The Morgan fingerprint density at radius 3 is 2.59 bits per heavy atom. The van der Waals surface area contributed by atoms with Gasteiger partial charge in [-0.05, 0) is 62.8 Å². The summed E-state index contributed by atoms with van der Waals surface area (Å²) in [5, 5.41) is 8.75. The topological polar surface area (TPSA) is 130 Å². The molecule has 8 heteroatoms. The summed E-state index contributed by atoms with van der Waals surface area (Å²) in [5.41, 5.74) is 5.36. The van der Waals surface area contributed by atoms with Crippen molar-refractivity contribution >= 4 is 23.5 Å². The van der Waals surface area contributed by atoms with Crippen LogP contribution in [0.1, 0.15) is 44.9 Å². The minimum Gasteiger partial charge on any atom is -0.368 e. The van der Waals surface area contributed by atoms with Gasteiger partial charge in [-0.15, -0.1) is 0 Å². The van der Waals surface area contributed by atoms with E-state index in [1.54, 1.807) is 0 Å². The average molecular weight is 376 g/mol. The summed E-state index contributed by atoms with van der Waals surface area (Å²) in [6.07, 6.45) is 5.27. The maximum atomic E-state index is 13.0. The van der Waals surface area contributed by atoms with E-state index in [1.807, 2.05) is 0 Å². The summed E-state index contributed by atoms with van der Waals surface area (Å²) in [7, 11) is 0. The summed E-state index contributed by atoms with van der Waals surface area (Å²) < 4.78 is 0. The number of primary amides is 1. The molecule has 4 aliphatic rings. The number of rotatable bonds is 7. The van der Waals surface area contributed by atoms with Crippen molar-refractivity contribution in [3.05, 3.63) is 0 Å². The normalized spacial score (nSPS) is 36.1. The number of hydrogen-bond acceptors (Lipinski definition) is 5. The number of carbonyl (C=O) groups excluding carboxylic acids is 4. The van der Waals surface area contributed by atoms with Gasteiger partial charge in [0.2, 0.25) is 17.6 Å². The van der Waals surface area contributed by atoms with Crippen LogP contribution in [0, 0.1) is 23.2 Å². The fourth-order valence-electron chi connectivity index (χ4n) is 5.03. The van der Waals surface area contributed by atoms with Crippen LogP contribution >= 0.6 is 0 Å². The van der Waals surface area contributed by atoms with Crippen molar-refractivity contribution in [2.24, 2.45) is 28.9 Å². The Kier molecular flexibility index (Phi) is 4.70. The second kappa shape index (κ2) is 6.89. The van der Waals surface area contributed by atoms with Crippen molar-refractivity contribution in [1.29, 1.82) is 0 Å². The molecule has 0 radical (unpaired) electrons. The van der Waals surface area contributed by atoms with Crippen LogP contribution in [0.3, 0.4) is 0 Å². The second-order valence-corrected chi connectivity index (χ2v) is 8.77. The van der Waals surface area contributed by atoms with Crippen molar-refractivity contribution in [3.63, 3.8) is 0 Å². The van der Waals surface area contributed by atoms with Crippen molar-refractivity contribution < 1.29 is 19.2 Å². The molecule has 148 valence electrons. The molecule has 3 amide bonds. The first-order valence-electron chi connectivity index (χ1n) is 10.0. The predicted molar refractivity (Wildman–Crippen MR) is 96.2 cm³/mol. The maximum absolute atomic E-state index is 13.0. The Labute approximate surface area is 158 Å². The van der Waals surface area contributed by atoms with Crippen LogP contribution in [-0.2, 0) is 19.2 Å². The largest absolute Gasteiger partial charge is 0.368 e. The van der Waals surface area contributed by atoms with Crippen molar-refractivity contribution in [3.8, 4) is 0 Å². The van der Waals surface area contributed by atoms with Gasteiger partial charge in [0.25, 0.3) is 5.91 Å². The van der Waals surface area contributed by atoms with E-state index in [2.05, 4.69) is 16.0 Å². The van der Waals surface area contributed by atoms with E-state index in [4.69, 9.17) is 5.73 Å². The lowest BCUT2D eigenvalue weighted by atomic mass is 9.79. The van der Waals surface area contributed by atoms with Gasteiger partial charge in [-0.25, -0.2) is 0 Å². The van der Waals surface area contributed by atoms with Crippen LogP contribution in [0.5, 0.6) is 0 Å². The zero-order valence-corrected chi connectivity index (χ0v) is 15.5. The van der Waals surface area contributed by atoms with Gasteiger partial charge in [0.1, 0.15) is 0 Å². The number of nitrogens with one attached hydrogen (secondary N) is 3. The highest BCUT2D eigenvalue weighted by Crippen LogP contribution is 2.63. The van der Waals surface area contributed by atoms with E-state index in [9.17, 15) is 19.2 Å². The minimum absolute atomic E-state index is 0.0228. The highest BCUT2D eigenvalue weighted by atomic mass is 16.2. The molecule has 2 aliphatic heterocycles. The van der Waals surface area contributed by atoms with Crippen LogP contribution in [0.15, 0.2) is 0 Å². The Hall–Kier alpha value is -1.96. The lowest BCUT2D eigenvalue weighted by molar-refractivity contribution is -0.141. The number of nitrogens with two attached hydrogens (primary N) is 1. The smallest absolute Gasteiger partial charge is 0.287 e. The van der Waals surface area contributed by atoms with Gasteiger partial charge in [0.05, 0.1) is 6.04 Å². The molecule has 4 fully saturated rings. The fourth-order valence-corrected chi connectivity index (χ4v) is 5.03. The number of hydrogen-bond donors (Lipinski definition) is 4. The number of carbonyl (C=O) groups is 4. The average Bonchev–Trinajstić information content (AvgIpc) is 3.54. The van der Waals surface area contributed by atoms with Crippen LogP contribution < -0.4 is 21.7 Å². The van der Waals surface area contributed by atoms with Gasteiger partial charge >= 0.3 is 0 Å². The Morgan fingerprint density at radius 1 is 1.19 bits per heavy atom. The molecule has 2 aliphatic carbocycles. The zero-order valence-electron chi connectivity index (χ0n) is 15.5. The number of ketones is 1. The predicted octanol–water partition coefficient (Wildman–Crippen LogP) is -0.780. The minimum atomic E-state index is -0.511. The molecule has 0 aromatic rings. The molecule has 2 saturated carbocycles. The van der Waals surface area contributed by atoms with E-state index in [-0.39, 0.29) is 41.1 Å². The quantitative estimate of drug-likeness (QED) is 0.433. The van der Waals surface area contributed by atoms with E-state index < -0.39 is 17.6 Å². The number of amides is 3. The highest BCUT2D eigenvalue weighted by molar-refractivity contribution is 6.37. The summed E-state index contributed by atoms with van der Waals surface area (Å²) >= 11 is 0. The molecule has 27 heavy (non-hydrogen) atoms. The molecule has 0 bridgehead atoms. The van der Waals surface area contributed by atoms with Crippen LogP contribution in [-0.4, -0.2) is 48.7 Å². The van der Waals surface area contributed by atoms with Gasteiger partial charge in [-0.2, -0.15) is 0 Å². The second-order valence-electron chi connectivity index (χ2n) is 8.77. The molecule has 1 spiro atoms. The molecular weight excluding hydrogens is 348 g/mol. The van der Waals surface area contributed by atoms with Crippen molar-refractivity contribution in [1.82, 2.24) is 16.0 Å². The van der Waals surface area contributed by atoms with Crippen LogP contribution in [0.25, 0.3) is 0 Å². The Balaban J connectivity index is 1.49. The highest BCUT2D eigenvalue weighted by Gasteiger charge is 2.61. The molecule has 2 saturated heterocycles. The number of Topliss-reactive ketones (excluding diaryl/α,β-unsaturated/α-hetero) is 1. The summed E-state index contributed by atoms with van der Waals surface area (Å²) in [6, 6.07) is -0.252. The molecule has 0 aromatic heterocycles. The first-order valence-corrected chi connectivity index (χ1v) is 10.0. The first-order chi connectivity index (χ1) is 12.9.